The van der Waals surface area contributed by atoms with Gasteiger partial charge in [0.1, 0.15) is 11.6 Å². The molecule has 2 heterocycles. The standard InChI is InChI=1S/C10H13N5/c1-8-11-4-3-10(14-8)12-5-9-6-13-15(2)7-9/h3-4,6-7H,5H2,1-2H3,(H,11,12,14). The molecular weight excluding hydrogens is 190 g/mol. The molecule has 78 valence electrons. The highest BCUT2D eigenvalue weighted by Gasteiger charge is 1.97. The van der Waals surface area contributed by atoms with Crippen LogP contribution in [-0.4, -0.2) is 19.7 Å². The minimum absolute atomic E-state index is 0.726. The Labute approximate surface area is 88.2 Å². The molecule has 5 heteroatoms. The van der Waals surface area contributed by atoms with Gasteiger partial charge in [-0.15, -0.1) is 0 Å². The van der Waals surface area contributed by atoms with Gasteiger partial charge in [-0.05, 0) is 13.0 Å². The van der Waals surface area contributed by atoms with E-state index in [1.54, 1.807) is 10.9 Å². The minimum Gasteiger partial charge on any atom is -0.366 e. The SMILES string of the molecule is Cc1nccc(NCc2cnn(C)c2)n1. The average Bonchev–Trinajstić information content (AvgIpc) is 2.62. The Bertz CT molecular complexity index is 449. The molecule has 1 N–H and O–H groups in total. The molecule has 0 fully saturated rings. The molecule has 0 unspecified atom stereocenters. The van der Waals surface area contributed by atoms with Crippen LogP contribution < -0.4 is 5.32 Å². The number of hydrogen-bond acceptors (Lipinski definition) is 4. The molecule has 0 saturated heterocycles. The zero-order valence-corrected chi connectivity index (χ0v) is 8.81. The van der Waals surface area contributed by atoms with Gasteiger partial charge in [0.25, 0.3) is 0 Å². The lowest BCUT2D eigenvalue weighted by Gasteiger charge is -2.03. The van der Waals surface area contributed by atoms with E-state index in [2.05, 4.69) is 20.4 Å². The van der Waals surface area contributed by atoms with Crippen LogP contribution in [0.2, 0.25) is 0 Å². The maximum Gasteiger partial charge on any atom is 0.129 e. The van der Waals surface area contributed by atoms with E-state index in [4.69, 9.17) is 0 Å². The molecule has 2 aromatic rings. The monoisotopic (exact) mass is 203 g/mol. The fraction of sp³-hybridized carbons (Fsp3) is 0.300. The van der Waals surface area contributed by atoms with Gasteiger partial charge in [-0.2, -0.15) is 5.10 Å². The van der Waals surface area contributed by atoms with Crippen molar-refractivity contribution in [2.24, 2.45) is 7.05 Å². The van der Waals surface area contributed by atoms with Crippen LogP contribution in [0, 0.1) is 6.92 Å². The third-order valence-electron chi connectivity index (χ3n) is 2.01. The van der Waals surface area contributed by atoms with Crippen LogP contribution in [0.25, 0.3) is 0 Å². The lowest BCUT2D eigenvalue weighted by Crippen LogP contribution is -2.01. The molecule has 0 atom stereocenters. The summed E-state index contributed by atoms with van der Waals surface area (Å²) >= 11 is 0. The molecule has 0 aliphatic heterocycles. The van der Waals surface area contributed by atoms with Gasteiger partial charge in [-0.3, -0.25) is 4.68 Å². The second-order valence-electron chi connectivity index (χ2n) is 3.36. The van der Waals surface area contributed by atoms with Crippen molar-refractivity contribution in [3.05, 3.63) is 36.0 Å². The van der Waals surface area contributed by atoms with Crippen molar-refractivity contribution in [1.82, 2.24) is 19.7 Å². The maximum atomic E-state index is 4.25. The van der Waals surface area contributed by atoms with Crippen molar-refractivity contribution in [2.75, 3.05) is 5.32 Å². The summed E-state index contributed by atoms with van der Waals surface area (Å²) in [6.07, 6.45) is 5.55. The first-order valence-electron chi connectivity index (χ1n) is 4.75. The van der Waals surface area contributed by atoms with E-state index in [0.717, 1.165) is 23.8 Å². The molecule has 0 aliphatic rings. The summed E-state index contributed by atoms with van der Waals surface area (Å²) in [5.74, 6) is 1.61. The summed E-state index contributed by atoms with van der Waals surface area (Å²) in [6.45, 7) is 2.60. The van der Waals surface area contributed by atoms with Crippen molar-refractivity contribution in [3.8, 4) is 0 Å². The Kier molecular flexibility index (Phi) is 2.62. The van der Waals surface area contributed by atoms with E-state index in [9.17, 15) is 0 Å². The quantitative estimate of drug-likeness (QED) is 0.812. The first kappa shape index (κ1) is 9.64. The Balaban J connectivity index is 1.99. The van der Waals surface area contributed by atoms with Crippen LogP contribution in [0.1, 0.15) is 11.4 Å². The fourth-order valence-electron chi connectivity index (χ4n) is 1.31. The number of nitrogens with zero attached hydrogens (tertiary/aromatic N) is 4. The van der Waals surface area contributed by atoms with Gasteiger partial charge in [-0.1, -0.05) is 0 Å². The molecule has 15 heavy (non-hydrogen) atoms. The Morgan fingerprint density at radius 3 is 3.00 bits per heavy atom. The predicted molar refractivity (Wildman–Crippen MR) is 57.3 cm³/mol. The largest absolute Gasteiger partial charge is 0.366 e. The van der Waals surface area contributed by atoms with E-state index < -0.39 is 0 Å². The highest BCUT2D eigenvalue weighted by atomic mass is 15.2. The van der Waals surface area contributed by atoms with Crippen molar-refractivity contribution < 1.29 is 0 Å². The van der Waals surface area contributed by atoms with Gasteiger partial charge in [0.15, 0.2) is 0 Å². The molecule has 2 aromatic heterocycles. The number of aromatic nitrogens is 4. The summed E-state index contributed by atoms with van der Waals surface area (Å²) in [7, 11) is 1.90. The van der Waals surface area contributed by atoms with Gasteiger partial charge in [0.2, 0.25) is 0 Å². The van der Waals surface area contributed by atoms with E-state index in [1.807, 2.05) is 32.4 Å². The summed E-state index contributed by atoms with van der Waals surface area (Å²) in [5, 5.41) is 7.30. The lowest BCUT2D eigenvalue weighted by molar-refractivity contribution is 0.767. The predicted octanol–water partition coefficient (Wildman–Crippen LogP) is 1.13. The minimum atomic E-state index is 0.726. The molecule has 5 nitrogen and oxygen atoms in total. The van der Waals surface area contributed by atoms with Gasteiger partial charge in [0.05, 0.1) is 6.20 Å². The highest BCUT2D eigenvalue weighted by molar-refractivity contribution is 5.33. The zero-order chi connectivity index (χ0) is 10.7. The van der Waals surface area contributed by atoms with Crippen LogP contribution in [0.15, 0.2) is 24.7 Å². The molecular formula is C10H13N5. The van der Waals surface area contributed by atoms with Gasteiger partial charge >= 0.3 is 0 Å². The fourth-order valence-corrected chi connectivity index (χ4v) is 1.31. The van der Waals surface area contributed by atoms with Gasteiger partial charge in [-0.25, -0.2) is 9.97 Å². The summed E-state index contributed by atoms with van der Waals surface area (Å²) in [5.41, 5.74) is 1.13. The van der Waals surface area contributed by atoms with Crippen LogP contribution >= 0.6 is 0 Å². The molecule has 0 amide bonds. The summed E-state index contributed by atoms with van der Waals surface area (Å²) in [4.78, 5) is 8.28. The van der Waals surface area contributed by atoms with Crippen LogP contribution in [0.3, 0.4) is 0 Å². The lowest BCUT2D eigenvalue weighted by atomic mass is 10.3. The Hall–Kier alpha value is -1.91. The van der Waals surface area contributed by atoms with Crippen molar-refractivity contribution >= 4 is 5.82 Å². The molecule has 0 aliphatic carbocycles. The van der Waals surface area contributed by atoms with Crippen molar-refractivity contribution in [1.29, 1.82) is 0 Å². The van der Waals surface area contributed by atoms with Crippen molar-refractivity contribution in [3.63, 3.8) is 0 Å². The molecule has 0 saturated carbocycles. The first-order chi connectivity index (χ1) is 7.24. The van der Waals surface area contributed by atoms with E-state index in [-0.39, 0.29) is 0 Å². The van der Waals surface area contributed by atoms with Crippen molar-refractivity contribution in [2.45, 2.75) is 13.5 Å². The summed E-state index contributed by atoms with van der Waals surface area (Å²) in [6, 6.07) is 1.85. The zero-order valence-electron chi connectivity index (χ0n) is 8.81. The second kappa shape index (κ2) is 4.08. The number of rotatable bonds is 3. The van der Waals surface area contributed by atoms with Crippen LogP contribution in [0.4, 0.5) is 5.82 Å². The smallest absolute Gasteiger partial charge is 0.129 e. The maximum absolute atomic E-state index is 4.25. The number of hydrogen-bond donors (Lipinski definition) is 1. The normalized spacial score (nSPS) is 10.3. The number of nitrogens with one attached hydrogen (secondary N) is 1. The first-order valence-corrected chi connectivity index (χ1v) is 4.75. The van der Waals surface area contributed by atoms with Gasteiger partial charge < -0.3 is 5.32 Å². The highest BCUT2D eigenvalue weighted by Crippen LogP contribution is 2.04. The van der Waals surface area contributed by atoms with Crippen LogP contribution in [-0.2, 0) is 13.6 Å². The third-order valence-corrected chi connectivity index (χ3v) is 2.01. The van der Waals surface area contributed by atoms with Gasteiger partial charge in [0, 0.05) is 31.5 Å². The molecule has 2 rings (SSSR count). The Morgan fingerprint density at radius 1 is 1.47 bits per heavy atom. The number of anilines is 1. The molecule has 0 spiro atoms. The van der Waals surface area contributed by atoms with E-state index in [0.29, 0.717) is 0 Å². The molecule has 0 aromatic carbocycles. The van der Waals surface area contributed by atoms with Crippen LogP contribution in [0.5, 0.6) is 0 Å². The Morgan fingerprint density at radius 2 is 2.33 bits per heavy atom. The molecule has 0 radical (unpaired) electrons. The van der Waals surface area contributed by atoms with E-state index in [1.165, 1.54) is 0 Å². The second-order valence-corrected chi connectivity index (χ2v) is 3.36. The van der Waals surface area contributed by atoms with E-state index >= 15 is 0 Å². The average molecular weight is 203 g/mol. The topological polar surface area (TPSA) is 55.6 Å². The number of aryl methyl sites for hydroxylation is 2. The molecule has 0 bridgehead atoms. The summed E-state index contributed by atoms with van der Waals surface area (Å²) < 4.78 is 1.78. The third kappa shape index (κ3) is 2.52.